The summed E-state index contributed by atoms with van der Waals surface area (Å²) in [5.41, 5.74) is -0.468. The molecule has 8 nitrogen and oxygen atoms in total. The lowest BCUT2D eigenvalue weighted by Gasteiger charge is -2.24. The predicted molar refractivity (Wildman–Crippen MR) is 130 cm³/mol. The zero-order chi connectivity index (χ0) is 25.0. The molecule has 2 aliphatic rings. The van der Waals surface area contributed by atoms with Gasteiger partial charge in [-0.1, -0.05) is 36.4 Å². The molecule has 0 radical (unpaired) electrons. The lowest BCUT2D eigenvalue weighted by molar-refractivity contribution is -0.132. The molecule has 3 aromatic carbocycles. The van der Waals surface area contributed by atoms with E-state index in [4.69, 9.17) is 9.47 Å². The van der Waals surface area contributed by atoms with Gasteiger partial charge in [0.15, 0.2) is 17.1 Å². The predicted octanol–water partition coefficient (Wildman–Crippen LogP) is 3.27. The second-order valence-corrected chi connectivity index (χ2v) is 11.4. The van der Waals surface area contributed by atoms with Gasteiger partial charge in [-0.3, -0.25) is 4.79 Å². The monoisotopic (exact) mass is 494 g/mol. The number of nitrogens with zero attached hydrogens (tertiary/aromatic N) is 1. The molecule has 5 rings (SSSR count). The number of sulfonamides is 1. The van der Waals surface area contributed by atoms with Crippen LogP contribution in [0.3, 0.4) is 0 Å². The summed E-state index contributed by atoms with van der Waals surface area (Å²) < 4.78 is 38.8. The van der Waals surface area contributed by atoms with Crippen molar-refractivity contribution in [1.29, 1.82) is 0 Å². The van der Waals surface area contributed by atoms with E-state index in [-0.39, 0.29) is 23.8 Å². The summed E-state index contributed by atoms with van der Waals surface area (Å²) in [6.07, 6.45) is 0. The van der Waals surface area contributed by atoms with E-state index in [2.05, 4.69) is 4.72 Å². The van der Waals surface area contributed by atoms with Gasteiger partial charge >= 0.3 is 0 Å². The van der Waals surface area contributed by atoms with Crippen molar-refractivity contribution in [3.8, 4) is 11.5 Å². The summed E-state index contributed by atoms with van der Waals surface area (Å²) in [4.78, 5) is 15.3. The topological polar surface area (TPSA) is 105 Å². The van der Waals surface area contributed by atoms with Crippen molar-refractivity contribution in [2.75, 3.05) is 11.7 Å². The van der Waals surface area contributed by atoms with Crippen LogP contribution in [0.15, 0.2) is 71.6 Å². The van der Waals surface area contributed by atoms with Gasteiger partial charge < -0.3 is 19.5 Å². The SMILES string of the molecule is CC(C)(C)NS(=O)(=O)c1ccc(C2(O)C(=O)N(Cc3ccc4c(c3)OCO4)c3ccccc32)cc1. The largest absolute Gasteiger partial charge is 0.454 e. The number of nitrogens with one attached hydrogen (secondary N) is 1. The highest BCUT2D eigenvalue weighted by Crippen LogP contribution is 2.45. The van der Waals surface area contributed by atoms with E-state index in [0.717, 1.165) is 5.56 Å². The van der Waals surface area contributed by atoms with Crippen molar-refractivity contribution in [1.82, 2.24) is 4.72 Å². The number of fused-ring (bicyclic) bond motifs is 2. The van der Waals surface area contributed by atoms with E-state index in [0.29, 0.717) is 22.7 Å². The minimum absolute atomic E-state index is 0.0516. The van der Waals surface area contributed by atoms with Crippen LogP contribution in [0, 0.1) is 0 Å². The fourth-order valence-electron chi connectivity index (χ4n) is 4.43. The first kappa shape index (κ1) is 23.3. The summed E-state index contributed by atoms with van der Waals surface area (Å²) in [5.74, 6) is 0.743. The van der Waals surface area contributed by atoms with Crippen LogP contribution < -0.4 is 19.1 Å². The molecule has 182 valence electrons. The Balaban J connectivity index is 1.49. The highest BCUT2D eigenvalue weighted by atomic mass is 32.2. The molecule has 2 N–H and O–H groups in total. The van der Waals surface area contributed by atoms with Crippen LogP contribution in [-0.4, -0.2) is 31.8 Å². The fraction of sp³-hybridized carbons (Fsp3) is 0.269. The normalized spacial score (nSPS) is 19.2. The van der Waals surface area contributed by atoms with Gasteiger partial charge in [-0.15, -0.1) is 0 Å². The number of hydrogen-bond acceptors (Lipinski definition) is 6. The quantitative estimate of drug-likeness (QED) is 0.564. The summed E-state index contributed by atoms with van der Waals surface area (Å²) in [6, 6.07) is 18.3. The summed E-state index contributed by atoms with van der Waals surface area (Å²) in [7, 11) is -3.76. The standard InChI is InChI=1S/C26H26N2O6S/c1-25(2,3)27-35(31,32)19-11-9-18(10-12-19)26(30)20-6-4-5-7-21(20)28(24(26)29)15-17-8-13-22-23(14-17)34-16-33-22/h4-14,27,30H,15-16H2,1-3H3. The number of hydrogen-bond donors (Lipinski definition) is 2. The van der Waals surface area contributed by atoms with Gasteiger partial charge in [0.05, 0.1) is 17.1 Å². The van der Waals surface area contributed by atoms with Crippen molar-refractivity contribution in [2.45, 2.75) is 43.4 Å². The number of anilines is 1. The van der Waals surface area contributed by atoms with Crippen molar-refractivity contribution < 1.29 is 27.8 Å². The molecular formula is C26H26N2O6S. The molecule has 0 fully saturated rings. The highest BCUT2D eigenvalue weighted by Gasteiger charge is 2.51. The maximum Gasteiger partial charge on any atom is 0.268 e. The second kappa shape index (κ2) is 8.08. The lowest BCUT2D eigenvalue weighted by Crippen LogP contribution is -2.41. The van der Waals surface area contributed by atoms with E-state index >= 15 is 0 Å². The first-order valence-electron chi connectivity index (χ1n) is 11.2. The molecule has 0 aromatic heterocycles. The summed E-state index contributed by atoms with van der Waals surface area (Å²) in [5, 5.41) is 11.8. The van der Waals surface area contributed by atoms with Gasteiger partial charge in [0.1, 0.15) is 0 Å². The van der Waals surface area contributed by atoms with E-state index in [1.807, 2.05) is 12.1 Å². The van der Waals surface area contributed by atoms with Crippen LogP contribution in [0.1, 0.15) is 37.5 Å². The molecule has 1 unspecified atom stereocenters. The third-order valence-electron chi connectivity index (χ3n) is 5.94. The minimum Gasteiger partial charge on any atom is -0.454 e. The Morgan fingerprint density at radius 1 is 1.00 bits per heavy atom. The Labute approximate surface area is 204 Å². The number of carbonyl (C=O) groups excluding carboxylic acids is 1. The number of amides is 1. The van der Waals surface area contributed by atoms with Crippen LogP contribution in [-0.2, 0) is 27.0 Å². The van der Waals surface area contributed by atoms with Crippen molar-refractivity contribution in [3.63, 3.8) is 0 Å². The summed E-state index contributed by atoms with van der Waals surface area (Å²) in [6.45, 7) is 5.64. The van der Waals surface area contributed by atoms with Crippen molar-refractivity contribution in [2.24, 2.45) is 0 Å². The van der Waals surface area contributed by atoms with Gasteiger partial charge in [-0.05, 0) is 62.2 Å². The second-order valence-electron chi connectivity index (χ2n) is 9.69. The van der Waals surface area contributed by atoms with Crippen molar-refractivity contribution in [3.05, 3.63) is 83.4 Å². The zero-order valence-corrected chi connectivity index (χ0v) is 20.4. The molecule has 1 atom stereocenters. The number of para-hydroxylation sites is 1. The van der Waals surface area contributed by atoms with Gasteiger partial charge in [0.25, 0.3) is 5.91 Å². The molecule has 0 saturated heterocycles. The van der Waals surface area contributed by atoms with E-state index < -0.39 is 27.1 Å². The van der Waals surface area contributed by atoms with E-state index in [1.54, 1.807) is 51.1 Å². The average Bonchev–Trinajstić information content (AvgIpc) is 3.35. The van der Waals surface area contributed by atoms with Crippen LogP contribution in [0.4, 0.5) is 5.69 Å². The molecule has 2 aliphatic heterocycles. The molecule has 0 saturated carbocycles. The van der Waals surface area contributed by atoms with E-state index in [9.17, 15) is 18.3 Å². The first-order chi connectivity index (χ1) is 16.5. The van der Waals surface area contributed by atoms with Crippen molar-refractivity contribution >= 4 is 21.6 Å². The van der Waals surface area contributed by atoms with Crippen LogP contribution >= 0.6 is 0 Å². The maximum absolute atomic E-state index is 13.7. The number of benzene rings is 3. The molecule has 0 aliphatic carbocycles. The van der Waals surface area contributed by atoms with Crippen LogP contribution in [0.25, 0.3) is 0 Å². The van der Waals surface area contributed by atoms with Crippen LogP contribution in [0.5, 0.6) is 11.5 Å². The number of rotatable bonds is 5. The van der Waals surface area contributed by atoms with Gasteiger partial charge in [-0.25, -0.2) is 13.1 Å². The number of carbonyl (C=O) groups is 1. The average molecular weight is 495 g/mol. The Morgan fingerprint density at radius 2 is 1.69 bits per heavy atom. The van der Waals surface area contributed by atoms with Crippen LogP contribution in [0.2, 0.25) is 0 Å². The van der Waals surface area contributed by atoms with Gasteiger partial charge in [-0.2, -0.15) is 0 Å². The zero-order valence-electron chi connectivity index (χ0n) is 19.6. The van der Waals surface area contributed by atoms with E-state index in [1.165, 1.54) is 29.2 Å². The molecule has 3 aromatic rings. The molecule has 9 heteroatoms. The molecule has 1 amide bonds. The summed E-state index contributed by atoms with van der Waals surface area (Å²) >= 11 is 0. The Morgan fingerprint density at radius 3 is 2.40 bits per heavy atom. The smallest absolute Gasteiger partial charge is 0.268 e. The molecule has 0 bridgehead atoms. The maximum atomic E-state index is 13.7. The molecule has 0 spiro atoms. The van der Waals surface area contributed by atoms with Gasteiger partial charge in [0.2, 0.25) is 16.8 Å². The molecule has 2 heterocycles. The number of ether oxygens (including phenoxy) is 2. The lowest BCUT2D eigenvalue weighted by atomic mass is 9.87. The molecule has 35 heavy (non-hydrogen) atoms. The Bertz CT molecular complexity index is 1410. The highest BCUT2D eigenvalue weighted by molar-refractivity contribution is 7.89. The third-order valence-corrected chi connectivity index (χ3v) is 7.71. The third kappa shape index (κ3) is 4.05. The fourth-order valence-corrected chi connectivity index (χ4v) is 5.85. The Hall–Kier alpha value is -3.40. The van der Waals surface area contributed by atoms with Gasteiger partial charge in [0, 0.05) is 11.1 Å². The number of aliphatic hydroxyl groups is 1. The molecular weight excluding hydrogens is 468 g/mol. The first-order valence-corrected chi connectivity index (χ1v) is 12.6. The minimum atomic E-state index is -3.76. The Kier molecular flexibility index (Phi) is 5.39.